The molecular weight excluding hydrogens is 150 g/mol. The van der Waals surface area contributed by atoms with Crippen molar-refractivity contribution in [3.63, 3.8) is 0 Å². The molecule has 0 saturated carbocycles. The van der Waals surface area contributed by atoms with Crippen LogP contribution in [-0.2, 0) is 0 Å². The molecule has 0 aliphatic heterocycles. The second-order valence-corrected chi connectivity index (χ2v) is 3.30. The molecule has 0 rings (SSSR count). The summed E-state index contributed by atoms with van der Waals surface area (Å²) in [4.78, 5) is 1.89. The Bertz CT molecular complexity index is 185. The zero-order valence-electron chi connectivity index (χ0n) is 8.07. The molecule has 0 saturated heterocycles. The number of nitriles is 2. The van der Waals surface area contributed by atoms with Gasteiger partial charge in [-0.25, -0.2) is 0 Å². The summed E-state index contributed by atoms with van der Waals surface area (Å²) in [5, 5.41) is 17.4. The molecule has 3 nitrogen and oxygen atoms in total. The average Bonchev–Trinajstić information content (AvgIpc) is 1.98. The average molecular weight is 165 g/mol. The summed E-state index contributed by atoms with van der Waals surface area (Å²) < 4.78 is 0. The van der Waals surface area contributed by atoms with Gasteiger partial charge in [0.15, 0.2) is 6.04 Å². The van der Waals surface area contributed by atoms with Crippen molar-refractivity contribution in [2.75, 3.05) is 0 Å². The predicted octanol–water partition coefficient (Wildman–Crippen LogP) is 1.52. The van der Waals surface area contributed by atoms with E-state index in [9.17, 15) is 0 Å². The molecule has 0 fully saturated rings. The maximum Gasteiger partial charge on any atom is 0.186 e. The molecule has 0 aliphatic rings. The van der Waals surface area contributed by atoms with Crippen LogP contribution in [0.4, 0.5) is 0 Å². The highest BCUT2D eigenvalue weighted by Crippen LogP contribution is 2.09. The lowest BCUT2D eigenvalue weighted by Crippen LogP contribution is -2.43. The number of hydrogen-bond acceptors (Lipinski definition) is 3. The maximum absolute atomic E-state index is 8.68. The first kappa shape index (κ1) is 10.9. The van der Waals surface area contributed by atoms with Crippen molar-refractivity contribution in [2.24, 2.45) is 0 Å². The fourth-order valence-electron chi connectivity index (χ4n) is 1.35. The lowest BCUT2D eigenvalue weighted by atomic mass is 10.1. The van der Waals surface area contributed by atoms with Crippen LogP contribution < -0.4 is 0 Å². The molecule has 0 aromatic rings. The van der Waals surface area contributed by atoms with E-state index in [0.29, 0.717) is 0 Å². The van der Waals surface area contributed by atoms with Gasteiger partial charge in [-0.2, -0.15) is 10.5 Å². The highest BCUT2D eigenvalue weighted by molar-refractivity contribution is 5.08. The Hall–Kier alpha value is -1.06. The third kappa shape index (κ3) is 2.53. The van der Waals surface area contributed by atoms with Crippen molar-refractivity contribution in [2.45, 2.75) is 45.8 Å². The third-order valence-electron chi connectivity index (χ3n) is 1.74. The first-order valence-corrected chi connectivity index (χ1v) is 4.11. The van der Waals surface area contributed by atoms with E-state index in [-0.39, 0.29) is 12.1 Å². The molecule has 0 spiro atoms. The molecular formula is C9H15N3. The van der Waals surface area contributed by atoms with Crippen LogP contribution in [0.2, 0.25) is 0 Å². The molecule has 0 amide bonds. The summed E-state index contributed by atoms with van der Waals surface area (Å²) in [7, 11) is 0. The topological polar surface area (TPSA) is 50.8 Å². The van der Waals surface area contributed by atoms with Crippen LogP contribution in [0.3, 0.4) is 0 Å². The highest BCUT2D eigenvalue weighted by atomic mass is 15.2. The van der Waals surface area contributed by atoms with Crippen molar-refractivity contribution < 1.29 is 0 Å². The van der Waals surface area contributed by atoms with E-state index in [0.717, 1.165) is 0 Å². The zero-order valence-corrected chi connectivity index (χ0v) is 8.07. The minimum atomic E-state index is -0.620. The van der Waals surface area contributed by atoms with Crippen LogP contribution in [-0.4, -0.2) is 23.0 Å². The van der Waals surface area contributed by atoms with Gasteiger partial charge in [0.25, 0.3) is 0 Å². The molecule has 0 heterocycles. The van der Waals surface area contributed by atoms with Gasteiger partial charge < -0.3 is 0 Å². The summed E-state index contributed by atoms with van der Waals surface area (Å²) in [5.41, 5.74) is 0. The van der Waals surface area contributed by atoms with Crippen LogP contribution in [0.1, 0.15) is 27.7 Å². The Kier molecular flexibility index (Phi) is 4.33. The van der Waals surface area contributed by atoms with Crippen LogP contribution in [0.15, 0.2) is 0 Å². The second-order valence-electron chi connectivity index (χ2n) is 3.30. The van der Waals surface area contributed by atoms with Crippen molar-refractivity contribution in [1.29, 1.82) is 10.5 Å². The Morgan fingerprint density at radius 1 is 0.917 bits per heavy atom. The Morgan fingerprint density at radius 2 is 1.25 bits per heavy atom. The molecule has 0 unspecified atom stereocenters. The van der Waals surface area contributed by atoms with Crippen LogP contribution in [0.5, 0.6) is 0 Å². The first-order valence-electron chi connectivity index (χ1n) is 4.11. The van der Waals surface area contributed by atoms with Crippen molar-refractivity contribution in [3.8, 4) is 12.1 Å². The smallest absolute Gasteiger partial charge is 0.186 e. The number of hydrogen-bond donors (Lipinski definition) is 0. The van der Waals surface area contributed by atoms with Gasteiger partial charge in [-0.3, -0.25) is 4.90 Å². The Morgan fingerprint density at radius 3 is 1.33 bits per heavy atom. The van der Waals surface area contributed by atoms with E-state index in [1.807, 2.05) is 44.7 Å². The van der Waals surface area contributed by atoms with Gasteiger partial charge in [0.05, 0.1) is 12.1 Å². The summed E-state index contributed by atoms with van der Waals surface area (Å²) in [6, 6.07) is 3.80. The first-order chi connectivity index (χ1) is 5.54. The molecule has 0 aromatic heterocycles. The SMILES string of the molecule is CC(C)N(C(C)C)C(C#N)C#N. The normalized spacial score (nSPS) is 10.8. The lowest BCUT2D eigenvalue weighted by molar-refractivity contribution is 0.168. The molecule has 3 heteroatoms. The highest BCUT2D eigenvalue weighted by Gasteiger charge is 2.22. The maximum atomic E-state index is 8.68. The quantitative estimate of drug-likeness (QED) is 0.637. The van der Waals surface area contributed by atoms with Crippen molar-refractivity contribution >= 4 is 0 Å². The fourth-order valence-corrected chi connectivity index (χ4v) is 1.35. The molecule has 0 bridgehead atoms. The van der Waals surface area contributed by atoms with E-state index >= 15 is 0 Å². The van der Waals surface area contributed by atoms with Crippen molar-refractivity contribution in [3.05, 3.63) is 0 Å². The largest absolute Gasteiger partial charge is 0.271 e. The molecule has 0 aromatic carbocycles. The summed E-state index contributed by atoms with van der Waals surface area (Å²) >= 11 is 0. The minimum Gasteiger partial charge on any atom is -0.271 e. The van der Waals surface area contributed by atoms with E-state index in [1.54, 1.807) is 0 Å². The molecule has 0 N–H and O–H groups in total. The number of rotatable bonds is 3. The molecule has 0 atom stereocenters. The van der Waals surface area contributed by atoms with E-state index < -0.39 is 6.04 Å². The lowest BCUT2D eigenvalue weighted by Gasteiger charge is -2.30. The van der Waals surface area contributed by atoms with Gasteiger partial charge >= 0.3 is 0 Å². The predicted molar refractivity (Wildman–Crippen MR) is 47.1 cm³/mol. The van der Waals surface area contributed by atoms with Gasteiger partial charge in [-0.1, -0.05) is 0 Å². The standard InChI is InChI=1S/C9H15N3/c1-7(2)12(8(3)4)9(5-10)6-11/h7-9H,1-4H3. The van der Waals surface area contributed by atoms with Crippen LogP contribution in [0.25, 0.3) is 0 Å². The third-order valence-corrected chi connectivity index (χ3v) is 1.74. The van der Waals surface area contributed by atoms with Crippen molar-refractivity contribution in [1.82, 2.24) is 4.90 Å². The van der Waals surface area contributed by atoms with E-state index in [1.165, 1.54) is 0 Å². The van der Waals surface area contributed by atoms with Gasteiger partial charge in [0, 0.05) is 12.1 Å². The van der Waals surface area contributed by atoms with Gasteiger partial charge in [-0.15, -0.1) is 0 Å². The fraction of sp³-hybridized carbons (Fsp3) is 0.778. The van der Waals surface area contributed by atoms with Crippen LogP contribution >= 0.6 is 0 Å². The number of nitrogens with zero attached hydrogens (tertiary/aromatic N) is 3. The van der Waals surface area contributed by atoms with E-state index in [4.69, 9.17) is 10.5 Å². The second kappa shape index (κ2) is 4.74. The molecule has 66 valence electrons. The molecule has 0 radical (unpaired) electrons. The summed E-state index contributed by atoms with van der Waals surface area (Å²) in [6.07, 6.45) is 0. The molecule has 0 aliphatic carbocycles. The van der Waals surface area contributed by atoms with Crippen LogP contribution in [0, 0.1) is 22.7 Å². The molecule has 12 heavy (non-hydrogen) atoms. The summed E-state index contributed by atoms with van der Waals surface area (Å²) in [6.45, 7) is 7.95. The Labute approximate surface area is 74.2 Å². The van der Waals surface area contributed by atoms with E-state index in [2.05, 4.69) is 0 Å². The van der Waals surface area contributed by atoms with Gasteiger partial charge in [-0.05, 0) is 27.7 Å². The summed E-state index contributed by atoms with van der Waals surface area (Å²) in [5.74, 6) is 0. The minimum absolute atomic E-state index is 0.231. The zero-order chi connectivity index (χ0) is 9.72. The monoisotopic (exact) mass is 165 g/mol. The van der Waals surface area contributed by atoms with Gasteiger partial charge in [0.1, 0.15) is 0 Å². The van der Waals surface area contributed by atoms with Gasteiger partial charge in [0.2, 0.25) is 0 Å². The Balaban J connectivity index is 4.54.